The number of ether oxygens (including phenoxy) is 1. The van der Waals surface area contributed by atoms with Crippen LogP contribution in [0.25, 0.3) is 0 Å². The van der Waals surface area contributed by atoms with Crippen molar-refractivity contribution in [1.29, 1.82) is 0 Å². The summed E-state index contributed by atoms with van der Waals surface area (Å²) >= 11 is 0. The molecule has 1 saturated heterocycles. The predicted molar refractivity (Wildman–Crippen MR) is 123 cm³/mol. The number of nitrogens with one attached hydrogen (secondary N) is 1. The van der Waals surface area contributed by atoms with Crippen LogP contribution in [-0.2, 0) is 19.6 Å². The second kappa shape index (κ2) is 8.69. The molecular formula is C25H34N2O5S. The molecule has 4 bridgehead atoms. The first-order valence-corrected chi connectivity index (χ1v) is 13.8. The highest BCUT2D eigenvalue weighted by molar-refractivity contribution is 7.89. The molecular weight excluding hydrogens is 440 g/mol. The monoisotopic (exact) mass is 474 g/mol. The van der Waals surface area contributed by atoms with Crippen LogP contribution in [0, 0.1) is 23.2 Å². The van der Waals surface area contributed by atoms with Gasteiger partial charge >= 0.3 is 5.97 Å². The van der Waals surface area contributed by atoms with Gasteiger partial charge in [-0.05, 0) is 106 Å². The van der Waals surface area contributed by atoms with Crippen LogP contribution in [0.15, 0.2) is 29.2 Å². The summed E-state index contributed by atoms with van der Waals surface area (Å²) in [5.41, 5.74) is 0.433. The molecule has 0 aromatic heterocycles. The number of benzene rings is 1. The van der Waals surface area contributed by atoms with Gasteiger partial charge in [-0.3, -0.25) is 4.79 Å². The number of carbonyl (C=O) groups excluding carboxylic acids is 2. The van der Waals surface area contributed by atoms with E-state index in [0.29, 0.717) is 13.1 Å². The third-order valence-corrected chi connectivity index (χ3v) is 10.4. The summed E-state index contributed by atoms with van der Waals surface area (Å²) in [4.78, 5) is 25.1. The molecule has 8 heteroatoms. The molecule has 0 radical (unpaired) electrons. The molecule has 33 heavy (non-hydrogen) atoms. The van der Waals surface area contributed by atoms with Gasteiger partial charge < -0.3 is 10.1 Å². The van der Waals surface area contributed by atoms with E-state index in [-0.39, 0.29) is 34.4 Å². The Morgan fingerprint density at radius 2 is 1.58 bits per heavy atom. The summed E-state index contributed by atoms with van der Waals surface area (Å²) in [5.74, 6) is 1.53. The third kappa shape index (κ3) is 4.44. The largest absolute Gasteiger partial charge is 0.452 e. The number of carbonyl (C=O) groups is 2. The number of sulfonamides is 1. The van der Waals surface area contributed by atoms with E-state index >= 15 is 0 Å². The Morgan fingerprint density at radius 1 is 1.03 bits per heavy atom. The van der Waals surface area contributed by atoms with Crippen LogP contribution in [0.5, 0.6) is 0 Å². The van der Waals surface area contributed by atoms with Crippen LogP contribution in [0.4, 0.5) is 0 Å². The summed E-state index contributed by atoms with van der Waals surface area (Å²) in [6.07, 6.45) is 9.41. The lowest BCUT2D eigenvalue weighted by molar-refractivity contribution is -0.128. The minimum absolute atomic E-state index is 0.0761. The zero-order chi connectivity index (χ0) is 23.2. The van der Waals surface area contributed by atoms with Crippen molar-refractivity contribution in [2.24, 2.45) is 23.2 Å². The Hall–Kier alpha value is -1.93. The van der Waals surface area contributed by atoms with E-state index in [0.717, 1.165) is 30.6 Å². The zero-order valence-corrected chi connectivity index (χ0v) is 20.1. The van der Waals surface area contributed by atoms with E-state index in [1.54, 1.807) is 0 Å². The van der Waals surface area contributed by atoms with Crippen LogP contribution < -0.4 is 5.32 Å². The topological polar surface area (TPSA) is 92.8 Å². The number of nitrogens with zero attached hydrogens (tertiary/aromatic N) is 1. The maximum absolute atomic E-state index is 12.6. The lowest BCUT2D eigenvalue weighted by atomic mass is 9.48. The highest BCUT2D eigenvalue weighted by Crippen LogP contribution is 2.61. The molecule has 1 unspecified atom stereocenters. The smallest absolute Gasteiger partial charge is 0.338 e. The van der Waals surface area contributed by atoms with Crippen molar-refractivity contribution in [3.8, 4) is 0 Å². The SMILES string of the molecule is CC(NC(=O)COC(=O)c1ccc(S(=O)(=O)N2CCCC2)cc1)C12CC3CC(CC(C3)C1)C2. The number of rotatable bonds is 7. The minimum atomic E-state index is -3.52. The number of esters is 1. The Balaban J connectivity index is 1.14. The molecule has 0 spiro atoms. The molecule has 1 heterocycles. The van der Waals surface area contributed by atoms with E-state index in [1.165, 1.54) is 67.1 Å². The van der Waals surface area contributed by atoms with Crippen LogP contribution in [0.1, 0.15) is 68.6 Å². The van der Waals surface area contributed by atoms with Gasteiger partial charge in [-0.2, -0.15) is 4.31 Å². The Kier molecular flexibility index (Phi) is 6.02. The first-order valence-electron chi connectivity index (χ1n) is 12.3. The molecule has 1 aliphatic heterocycles. The summed E-state index contributed by atoms with van der Waals surface area (Å²) in [7, 11) is -3.52. The number of amides is 1. The molecule has 180 valence electrons. The van der Waals surface area contributed by atoms with Gasteiger partial charge in [0.1, 0.15) is 0 Å². The zero-order valence-electron chi connectivity index (χ0n) is 19.3. The average molecular weight is 475 g/mol. The molecule has 1 N–H and O–H groups in total. The fourth-order valence-corrected chi connectivity index (χ4v) is 8.72. The van der Waals surface area contributed by atoms with Gasteiger partial charge in [0.15, 0.2) is 6.61 Å². The lowest BCUT2D eigenvalue weighted by Crippen LogP contribution is -2.56. The standard InChI is InChI=1S/C25H34N2O5S/c1-17(25-13-18-10-19(14-25)12-20(11-18)15-25)26-23(28)16-32-24(29)21-4-6-22(7-5-21)33(30,31)27-8-2-3-9-27/h4-7,17-20H,2-3,8-16H2,1H3,(H,26,28). The van der Waals surface area contributed by atoms with Crippen LogP contribution in [0.3, 0.4) is 0 Å². The molecule has 1 aromatic carbocycles. The number of hydrogen-bond donors (Lipinski definition) is 1. The van der Waals surface area contributed by atoms with Crippen molar-refractivity contribution in [3.63, 3.8) is 0 Å². The van der Waals surface area contributed by atoms with Gasteiger partial charge in [-0.15, -0.1) is 0 Å². The van der Waals surface area contributed by atoms with Crippen LogP contribution >= 0.6 is 0 Å². The molecule has 4 saturated carbocycles. The second-order valence-corrected chi connectivity index (χ2v) is 12.7. The quantitative estimate of drug-likeness (QED) is 0.612. The normalized spacial score (nSPS) is 32.0. The molecule has 4 aliphatic carbocycles. The molecule has 1 amide bonds. The number of hydrogen-bond acceptors (Lipinski definition) is 5. The van der Waals surface area contributed by atoms with E-state index in [2.05, 4.69) is 12.2 Å². The second-order valence-electron chi connectivity index (χ2n) is 10.8. The molecule has 6 rings (SSSR count). The molecule has 1 aromatic rings. The molecule has 7 nitrogen and oxygen atoms in total. The van der Waals surface area contributed by atoms with Gasteiger partial charge in [0.2, 0.25) is 10.0 Å². The first kappa shape index (κ1) is 22.8. The van der Waals surface area contributed by atoms with Gasteiger partial charge in [0.25, 0.3) is 5.91 Å². The van der Waals surface area contributed by atoms with Crippen molar-refractivity contribution < 1.29 is 22.7 Å². The summed E-state index contributed by atoms with van der Waals surface area (Å²) < 4.78 is 31.9. The maximum Gasteiger partial charge on any atom is 0.338 e. The molecule has 1 atom stereocenters. The third-order valence-electron chi connectivity index (χ3n) is 8.51. The van der Waals surface area contributed by atoms with Crippen molar-refractivity contribution in [2.75, 3.05) is 19.7 Å². The highest BCUT2D eigenvalue weighted by Gasteiger charge is 2.53. The fraction of sp³-hybridized carbons (Fsp3) is 0.680. The van der Waals surface area contributed by atoms with Gasteiger partial charge in [0, 0.05) is 19.1 Å². The highest BCUT2D eigenvalue weighted by atomic mass is 32.2. The lowest BCUT2D eigenvalue weighted by Gasteiger charge is -2.59. The van der Waals surface area contributed by atoms with Gasteiger partial charge in [-0.25, -0.2) is 13.2 Å². The van der Waals surface area contributed by atoms with Crippen LogP contribution in [0.2, 0.25) is 0 Å². The molecule has 5 aliphatic rings. The van der Waals surface area contributed by atoms with Gasteiger partial charge in [0.05, 0.1) is 10.5 Å². The van der Waals surface area contributed by atoms with Crippen molar-refractivity contribution in [1.82, 2.24) is 9.62 Å². The summed E-state index contributed by atoms with van der Waals surface area (Å²) in [5, 5.41) is 3.10. The average Bonchev–Trinajstić information content (AvgIpc) is 3.32. The van der Waals surface area contributed by atoms with Gasteiger partial charge in [-0.1, -0.05) is 0 Å². The van der Waals surface area contributed by atoms with E-state index in [9.17, 15) is 18.0 Å². The molecule has 5 fully saturated rings. The van der Waals surface area contributed by atoms with Crippen LogP contribution in [-0.4, -0.2) is 50.3 Å². The Morgan fingerprint density at radius 3 is 2.12 bits per heavy atom. The van der Waals surface area contributed by atoms with Crippen molar-refractivity contribution in [3.05, 3.63) is 29.8 Å². The summed E-state index contributed by atoms with van der Waals surface area (Å²) in [6, 6.07) is 5.83. The Labute approximate surface area is 196 Å². The predicted octanol–water partition coefficient (Wildman–Crippen LogP) is 3.35. The fourth-order valence-electron chi connectivity index (χ4n) is 7.20. The summed E-state index contributed by atoms with van der Waals surface area (Å²) in [6.45, 7) is 2.83. The minimum Gasteiger partial charge on any atom is -0.452 e. The first-order chi connectivity index (χ1) is 15.7. The van der Waals surface area contributed by atoms with Crippen molar-refractivity contribution in [2.45, 2.75) is 69.2 Å². The van der Waals surface area contributed by atoms with Crippen molar-refractivity contribution >= 4 is 21.9 Å². The van der Waals surface area contributed by atoms with E-state index < -0.39 is 16.0 Å². The Bertz CT molecular complexity index is 978. The van der Waals surface area contributed by atoms with E-state index in [1.807, 2.05) is 0 Å². The van der Waals surface area contributed by atoms with E-state index in [4.69, 9.17) is 4.74 Å². The maximum atomic E-state index is 12.6.